The van der Waals surface area contributed by atoms with Crippen molar-refractivity contribution in [2.45, 2.75) is 12.2 Å². The van der Waals surface area contributed by atoms with Gasteiger partial charge in [-0.05, 0) is 36.4 Å². The second kappa shape index (κ2) is 8.39. The van der Waals surface area contributed by atoms with Gasteiger partial charge in [-0.1, -0.05) is 48.0 Å². The zero-order chi connectivity index (χ0) is 22.0. The van der Waals surface area contributed by atoms with E-state index < -0.39 is 28.6 Å². The quantitative estimate of drug-likeness (QED) is 0.344. The summed E-state index contributed by atoms with van der Waals surface area (Å²) in [4.78, 5) is 0. The molecule has 0 aliphatic heterocycles. The first-order valence-electron chi connectivity index (χ1n) is 9.09. The normalized spacial score (nSPS) is 12.5. The fourth-order valence-electron chi connectivity index (χ4n) is 3.03. The molecular weight excluding hydrogens is 434 g/mol. The van der Waals surface area contributed by atoms with Crippen LogP contribution in [0.15, 0.2) is 77.2 Å². The molecule has 1 atom stereocenters. The van der Waals surface area contributed by atoms with Gasteiger partial charge in [-0.3, -0.25) is 0 Å². The number of aromatic nitrogens is 2. The van der Waals surface area contributed by atoms with Crippen LogP contribution >= 0.6 is 11.6 Å². The van der Waals surface area contributed by atoms with E-state index in [0.717, 1.165) is 12.1 Å². The smallest absolute Gasteiger partial charge is 0.417 e. The number of hydrogen-bond acceptors (Lipinski definition) is 4. The first-order valence-corrected chi connectivity index (χ1v) is 9.47. The molecule has 1 N–H and O–H groups in total. The summed E-state index contributed by atoms with van der Waals surface area (Å²) in [6.07, 6.45) is -4.65. The third-order valence-electron chi connectivity index (χ3n) is 4.51. The van der Waals surface area contributed by atoms with Crippen molar-refractivity contribution in [1.29, 1.82) is 0 Å². The summed E-state index contributed by atoms with van der Waals surface area (Å²) in [5.41, 5.74) is -0.167. The van der Waals surface area contributed by atoms with Crippen molar-refractivity contribution in [1.82, 2.24) is 10.2 Å². The lowest BCUT2D eigenvalue weighted by Crippen LogP contribution is -2.15. The maximum atomic E-state index is 14.6. The predicted molar refractivity (Wildman–Crippen MR) is 108 cm³/mol. The molecule has 0 fully saturated rings. The Bertz CT molecular complexity index is 1190. The van der Waals surface area contributed by atoms with Gasteiger partial charge in [-0.25, -0.2) is 4.39 Å². The minimum atomic E-state index is -4.65. The Morgan fingerprint density at radius 2 is 1.61 bits per heavy atom. The van der Waals surface area contributed by atoms with Crippen LogP contribution in [-0.4, -0.2) is 10.2 Å². The average molecular weight is 448 g/mol. The Morgan fingerprint density at radius 3 is 2.32 bits per heavy atom. The second-order valence-electron chi connectivity index (χ2n) is 6.60. The predicted octanol–water partition coefficient (Wildman–Crippen LogP) is 6.75. The van der Waals surface area contributed by atoms with E-state index in [9.17, 15) is 17.6 Å². The number of halogens is 5. The largest absolute Gasteiger partial charge is 0.418 e. The Balaban J connectivity index is 1.75. The van der Waals surface area contributed by atoms with Gasteiger partial charge in [0.15, 0.2) is 0 Å². The molecule has 9 heteroatoms. The van der Waals surface area contributed by atoms with Crippen molar-refractivity contribution < 1.29 is 22.0 Å². The van der Waals surface area contributed by atoms with Crippen LogP contribution in [0, 0.1) is 5.82 Å². The van der Waals surface area contributed by atoms with Crippen molar-refractivity contribution in [2.24, 2.45) is 0 Å². The highest BCUT2D eigenvalue weighted by molar-refractivity contribution is 6.31. The van der Waals surface area contributed by atoms with Gasteiger partial charge in [0.25, 0.3) is 0 Å². The molecule has 4 rings (SSSR count). The molecule has 3 aromatic carbocycles. The number of hydrogen-bond donors (Lipinski definition) is 1. The summed E-state index contributed by atoms with van der Waals surface area (Å²) >= 11 is 5.70. The number of anilines is 1. The van der Waals surface area contributed by atoms with Crippen LogP contribution in [0.1, 0.15) is 23.1 Å². The van der Waals surface area contributed by atoms with E-state index >= 15 is 0 Å². The maximum absolute atomic E-state index is 14.6. The van der Waals surface area contributed by atoms with Crippen molar-refractivity contribution >= 4 is 17.3 Å². The third kappa shape index (κ3) is 4.54. The number of nitrogens with one attached hydrogen (secondary N) is 1. The lowest BCUT2D eigenvalue weighted by atomic mass is 10.1. The summed E-state index contributed by atoms with van der Waals surface area (Å²) in [6.45, 7) is 0. The molecule has 4 nitrogen and oxygen atoms in total. The number of nitrogens with zero attached hydrogens (tertiary/aromatic N) is 2. The zero-order valence-electron chi connectivity index (χ0n) is 15.7. The first kappa shape index (κ1) is 20.9. The highest BCUT2D eigenvalue weighted by Gasteiger charge is 2.34. The van der Waals surface area contributed by atoms with E-state index in [1.165, 1.54) is 24.3 Å². The van der Waals surface area contributed by atoms with E-state index in [1.54, 1.807) is 30.3 Å². The van der Waals surface area contributed by atoms with Gasteiger partial charge >= 0.3 is 6.18 Å². The first-order chi connectivity index (χ1) is 14.8. The Morgan fingerprint density at radius 1 is 0.903 bits per heavy atom. The van der Waals surface area contributed by atoms with Gasteiger partial charge in [0.2, 0.25) is 11.8 Å². The molecule has 1 aromatic heterocycles. The Labute approximate surface area is 179 Å². The SMILES string of the molecule is Fc1ccccc1[C@H](Nc1ccc(Cl)c(C(F)(F)F)c1)c1nnc(-c2ccccc2)o1. The van der Waals surface area contributed by atoms with Gasteiger partial charge in [0.1, 0.15) is 11.9 Å². The molecular formula is C22H14ClF4N3O. The molecule has 0 saturated heterocycles. The van der Waals surface area contributed by atoms with Crippen molar-refractivity contribution in [3.05, 3.63) is 101 Å². The molecule has 0 aliphatic rings. The molecule has 0 radical (unpaired) electrons. The summed E-state index contributed by atoms with van der Waals surface area (Å²) in [5.74, 6) is -0.386. The molecule has 0 amide bonds. The molecule has 158 valence electrons. The molecule has 0 spiro atoms. The van der Waals surface area contributed by atoms with Crippen LogP contribution in [-0.2, 0) is 6.18 Å². The van der Waals surface area contributed by atoms with Gasteiger partial charge in [0.05, 0.1) is 10.6 Å². The molecule has 0 aliphatic carbocycles. The highest BCUT2D eigenvalue weighted by Crippen LogP contribution is 2.37. The summed E-state index contributed by atoms with van der Waals surface area (Å²) < 4.78 is 60.1. The Kier molecular flexibility index (Phi) is 5.65. The minimum Gasteiger partial charge on any atom is -0.418 e. The molecule has 1 heterocycles. The molecule has 31 heavy (non-hydrogen) atoms. The lowest BCUT2D eigenvalue weighted by molar-refractivity contribution is -0.137. The van der Waals surface area contributed by atoms with Gasteiger partial charge in [-0.2, -0.15) is 13.2 Å². The Hall–Kier alpha value is -3.39. The van der Waals surface area contributed by atoms with Crippen LogP contribution in [0.25, 0.3) is 11.5 Å². The van der Waals surface area contributed by atoms with Crippen LogP contribution in [0.5, 0.6) is 0 Å². The molecule has 0 unspecified atom stereocenters. The van der Waals surface area contributed by atoms with E-state index in [-0.39, 0.29) is 23.0 Å². The summed E-state index contributed by atoms with van der Waals surface area (Å²) in [5, 5.41) is 10.4. The highest BCUT2D eigenvalue weighted by atomic mass is 35.5. The topological polar surface area (TPSA) is 51.0 Å². The molecule has 0 saturated carbocycles. The summed E-state index contributed by atoms with van der Waals surface area (Å²) in [6, 6.07) is 17.1. The third-order valence-corrected chi connectivity index (χ3v) is 4.84. The minimum absolute atomic E-state index is 0.00698. The van der Waals surface area contributed by atoms with Crippen LogP contribution < -0.4 is 5.32 Å². The van der Waals surface area contributed by atoms with E-state index in [4.69, 9.17) is 16.0 Å². The van der Waals surface area contributed by atoms with E-state index in [1.807, 2.05) is 6.07 Å². The molecule has 4 aromatic rings. The fourth-order valence-corrected chi connectivity index (χ4v) is 3.25. The van der Waals surface area contributed by atoms with Crippen LogP contribution in [0.4, 0.5) is 23.2 Å². The number of benzene rings is 3. The maximum Gasteiger partial charge on any atom is 0.417 e. The summed E-state index contributed by atoms with van der Waals surface area (Å²) in [7, 11) is 0. The monoisotopic (exact) mass is 447 g/mol. The standard InChI is InChI=1S/C22H14ClF4N3O/c23-17-11-10-14(12-16(17)22(25,26)27)28-19(15-8-4-5-9-18(15)24)21-30-29-20(31-21)13-6-2-1-3-7-13/h1-12,19,28H/t19-/m0/s1. The van der Waals surface area contributed by atoms with E-state index in [2.05, 4.69) is 15.5 Å². The zero-order valence-corrected chi connectivity index (χ0v) is 16.5. The average Bonchev–Trinajstić information content (AvgIpc) is 3.24. The second-order valence-corrected chi connectivity index (χ2v) is 7.01. The van der Waals surface area contributed by atoms with Crippen molar-refractivity contribution in [2.75, 3.05) is 5.32 Å². The van der Waals surface area contributed by atoms with E-state index in [0.29, 0.717) is 5.56 Å². The van der Waals surface area contributed by atoms with Gasteiger partial charge in [0, 0.05) is 16.8 Å². The van der Waals surface area contributed by atoms with Crippen LogP contribution in [0.3, 0.4) is 0 Å². The van der Waals surface area contributed by atoms with Crippen molar-refractivity contribution in [3.8, 4) is 11.5 Å². The van der Waals surface area contributed by atoms with Crippen molar-refractivity contribution in [3.63, 3.8) is 0 Å². The van der Waals surface area contributed by atoms with Crippen LogP contribution in [0.2, 0.25) is 5.02 Å². The fraction of sp³-hybridized carbons (Fsp3) is 0.0909. The number of alkyl halides is 3. The molecule has 0 bridgehead atoms. The van der Waals surface area contributed by atoms with Gasteiger partial charge in [-0.15, -0.1) is 10.2 Å². The van der Waals surface area contributed by atoms with Gasteiger partial charge < -0.3 is 9.73 Å². The number of rotatable bonds is 5. The lowest BCUT2D eigenvalue weighted by Gasteiger charge is -2.19.